The first-order chi connectivity index (χ1) is 16.8. The van der Waals surface area contributed by atoms with E-state index in [1.807, 2.05) is 53.9 Å². The van der Waals surface area contributed by atoms with Crippen molar-refractivity contribution in [3.8, 4) is 22.6 Å². The molecule has 1 aromatic heterocycles. The van der Waals surface area contributed by atoms with Crippen LogP contribution in [0.1, 0.15) is 42.6 Å². The number of hydrogen-bond donors (Lipinski definition) is 2. The smallest absolute Gasteiger partial charge is 0.341 e. The number of carbonyl (C=O) groups excluding carboxylic acids is 2. The van der Waals surface area contributed by atoms with Crippen molar-refractivity contribution in [2.75, 3.05) is 25.6 Å². The van der Waals surface area contributed by atoms with Crippen LogP contribution in [-0.4, -0.2) is 37.3 Å². The van der Waals surface area contributed by atoms with Gasteiger partial charge in [-0.05, 0) is 54.4 Å². The minimum Gasteiger partial charge on any atom is -0.497 e. The molecule has 2 N–H and O–H groups in total. The van der Waals surface area contributed by atoms with E-state index < -0.39 is 11.9 Å². The number of thiocarbonyl (C=S) groups is 1. The third-order valence-electron chi connectivity index (χ3n) is 5.05. The van der Waals surface area contributed by atoms with Gasteiger partial charge >= 0.3 is 5.97 Å². The van der Waals surface area contributed by atoms with E-state index in [9.17, 15) is 9.59 Å². The molecule has 1 heterocycles. The number of para-hydroxylation sites is 1. The van der Waals surface area contributed by atoms with E-state index in [0.29, 0.717) is 27.6 Å². The minimum atomic E-state index is -0.482. The summed E-state index contributed by atoms with van der Waals surface area (Å²) in [4.78, 5) is 25.2. The Morgan fingerprint density at radius 3 is 2.46 bits per heavy atom. The Balaban J connectivity index is 1.70. The number of nitrogens with one attached hydrogen (secondary N) is 2. The number of hydrogen-bond acceptors (Lipinski definition) is 7. The number of ether oxygens (including phenoxy) is 3. The summed E-state index contributed by atoms with van der Waals surface area (Å²) in [5.41, 5.74) is 2.89. The zero-order valence-electron chi connectivity index (χ0n) is 20.0. The lowest BCUT2D eigenvalue weighted by atomic mass is 10.0. The van der Waals surface area contributed by atoms with Crippen LogP contribution in [0.5, 0.6) is 11.5 Å². The molecule has 3 rings (SSSR count). The lowest BCUT2D eigenvalue weighted by Crippen LogP contribution is -2.37. The molecule has 0 unspecified atom stereocenters. The van der Waals surface area contributed by atoms with Crippen molar-refractivity contribution in [2.45, 2.75) is 26.7 Å². The molecule has 184 valence electrons. The summed E-state index contributed by atoms with van der Waals surface area (Å²) in [6, 6.07) is 15.0. The topological polar surface area (TPSA) is 85.9 Å². The lowest BCUT2D eigenvalue weighted by molar-refractivity contribution is -0.121. The Labute approximate surface area is 214 Å². The molecule has 0 aliphatic heterocycles. The minimum absolute atomic E-state index is 0.0597. The molecule has 0 bridgehead atoms. The standard InChI is InChI=1S/C26H28N2O5S2/c1-5-32-25(30)23-20(17-10-12-18(31-4)13-11-17)15-35-24(23)28-26(34)27-22(29)14-33-21-9-7-6-8-19(21)16(2)3/h6-13,15-16H,5,14H2,1-4H3,(H2,27,28,29,34). The van der Waals surface area contributed by atoms with Gasteiger partial charge in [-0.3, -0.25) is 10.1 Å². The van der Waals surface area contributed by atoms with Crippen LogP contribution < -0.4 is 20.1 Å². The van der Waals surface area contributed by atoms with E-state index in [1.165, 1.54) is 11.3 Å². The molecule has 1 amide bonds. The van der Waals surface area contributed by atoms with Crippen LogP contribution in [0, 0.1) is 0 Å². The highest BCUT2D eigenvalue weighted by Crippen LogP contribution is 2.37. The van der Waals surface area contributed by atoms with Gasteiger partial charge in [-0.25, -0.2) is 4.79 Å². The fraction of sp³-hybridized carbons (Fsp3) is 0.269. The lowest BCUT2D eigenvalue weighted by Gasteiger charge is -2.14. The largest absolute Gasteiger partial charge is 0.497 e. The number of anilines is 1. The Hall–Kier alpha value is -3.43. The molecule has 0 spiro atoms. The highest BCUT2D eigenvalue weighted by atomic mass is 32.1. The number of amides is 1. The average Bonchev–Trinajstić information content (AvgIpc) is 3.26. The second-order valence-corrected chi connectivity index (χ2v) is 9.07. The first-order valence-corrected chi connectivity index (χ1v) is 12.4. The molecule has 0 fully saturated rings. The summed E-state index contributed by atoms with van der Waals surface area (Å²) in [5, 5.41) is 7.94. The van der Waals surface area contributed by atoms with Crippen LogP contribution in [0.2, 0.25) is 0 Å². The molecule has 35 heavy (non-hydrogen) atoms. The zero-order chi connectivity index (χ0) is 25.4. The Morgan fingerprint density at radius 2 is 1.80 bits per heavy atom. The number of esters is 1. The predicted octanol–water partition coefficient (Wildman–Crippen LogP) is 5.62. The van der Waals surface area contributed by atoms with E-state index in [0.717, 1.165) is 11.1 Å². The van der Waals surface area contributed by atoms with Gasteiger partial charge in [-0.2, -0.15) is 0 Å². The van der Waals surface area contributed by atoms with Crippen molar-refractivity contribution in [3.05, 3.63) is 65.0 Å². The van der Waals surface area contributed by atoms with E-state index in [2.05, 4.69) is 24.5 Å². The molecule has 0 saturated carbocycles. The normalized spacial score (nSPS) is 10.5. The highest BCUT2D eigenvalue weighted by Gasteiger charge is 2.22. The number of carbonyl (C=O) groups is 2. The van der Waals surface area contributed by atoms with Gasteiger partial charge in [0.15, 0.2) is 11.7 Å². The van der Waals surface area contributed by atoms with E-state index >= 15 is 0 Å². The molecule has 0 radical (unpaired) electrons. The maximum atomic E-state index is 12.8. The van der Waals surface area contributed by atoms with Crippen LogP contribution in [0.25, 0.3) is 11.1 Å². The molecule has 9 heteroatoms. The summed E-state index contributed by atoms with van der Waals surface area (Å²) >= 11 is 6.61. The van der Waals surface area contributed by atoms with Crippen molar-refractivity contribution in [2.24, 2.45) is 0 Å². The van der Waals surface area contributed by atoms with Crippen molar-refractivity contribution in [1.82, 2.24) is 5.32 Å². The molecule has 0 saturated heterocycles. The van der Waals surface area contributed by atoms with Gasteiger partial charge in [0, 0.05) is 10.9 Å². The Kier molecular flexibility index (Phi) is 9.22. The molecular weight excluding hydrogens is 484 g/mol. The predicted molar refractivity (Wildman–Crippen MR) is 143 cm³/mol. The van der Waals surface area contributed by atoms with Crippen molar-refractivity contribution < 1.29 is 23.8 Å². The highest BCUT2D eigenvalue weighted by molar-refractivity contribution is 7.80. The summed E-state index contributed by atoms with van der Waals surface area (Å²) in [6.45, 7) is 5.89. The fourth-order valence-electron chi connectivity index (χ4n) is 3.37. The molecule has 3 aromatic rings. The monoisotopic (exact) mass is 512 g/mol. The van der Waals surface area contributed by atoms with E-state index in [-0.39, 0.29) is 24.2 Å². The van der Waals surface area contributed by atoms with Gasteiger partial charge in [-0.1, -0.05) is 44.2 Å². The van der Waals surface area contributed by atoms with Crippen LogP contribution in [-0.2, 0) is 9.53 Å². The number of rotatable bonds is 9. The zero-order valence-corrected chi connectivity index (χ0v) is 21.7. The third-order valence-corrected chi connectivity index (χ3v) is 6.15. The average molecular weight is 513 g/mol. The Morgan fingerprint density at radius 1 is 1.09 bits per heavy atom. The number of methoxy groups -OCH3 is 1. The molecule has 0 atom stereocenters. The van der Waals surface area contributed by atoms with Gasteiger partial charge in [-0.15, -0.1) is 11.3 Å². The molecule has 7 nitrogen and oxygen atoms in total. The van der Waals surface area contributed by atoms with Crippen molar-refractivity contribution >= 4 is 45.5 Å². The first kappa shape index (κ1) is 26.2. The van der Waals surface area contributed by atoms with Crippen molar-refractivity contribution in [1.29, 1.82) is 0 Å². The number of benzene rings is 2. The second kappa shape index (κ2) is 12.3. The van der Waals surface area contributed by atoms with E-state index in [4.69, 9.17) is 26.4 Å². The molecule has 2 aromatic carbocycles. The maximum absolute atomic E-state index is 12.8. The third kappa shape index (κ3) is 6.80. The van der Waals surface area contributed by atoms with Gasteiger partial charge in [0.1, 0.15) is 22.1 Å². The van der Waals surface area contributed by atoms with Gasteiger partial charge in [0.2, 0.25) is 0 Å². The summed E-state index contributed by atoms with van der Waals surface area (Å²) in [5.74, 6) is 0.734. The summed E-state index contributed by atoms with van der Waals surface area (Å²) in [7, 11) is 1.59. The van der Waals surface area contributed by atoms with E-state index in [1.54, 1.807) is 14.0 Å². The SMILES string of the molecule is CCOC(=O)c1c(-c2ccc(OC)cc2)csc1NC(=S)NC(=O)COc1ccccc1C(C)C. The van der Waals surface area contributed by atoms with Crippen molar-refractivity contribution in [3.63, 3.8) is 0 Å². The maximum Gasteiger partial charge on any atom is 0.341 e. The van der Waals surface area contributed by atoms with Gasteiger partial charge in [0.25, 0.3) is 5.91 Å². The van der Waals surface area contributed by atoms with Gasteiger partial charge in [0.05, 0.1) is 13.7 Å². The Bertz CT molecular complexity index is 1190. The second-order valence-electron chi connectivity index (χ2n) is 7.79. The number of thiophene rings is 1. The fourth-order valence-corrected chi connectivity index (χ4v) is 4.61. The molecular formula is C26H28N2O5S2. The van der Waals surface area contributed by atoms with Crippen LogP contribution in [0.3, 0.4) is 0 Å². The first-order valence-electron chi connectivity index (χ1n) is 11.1. The quantitative estimate of drug-likeness (QED) is 0.284. The van der Waals surface area contributed by atoms with Crippen LogP contribution >= 0.6 is 23.6 Å². The summed E-state index contributed by atoms with van der Waals surface area (Å²) in [6.07, 6.45) is 0. The van der Waals surface area contributed by atoms with Crippen LogP contribution in [0.4, 0.5) is 5.00 Å². The van der Waals surface area contributed by atoms with Gasteiger partial charge < -0.3 is 19.5 Å². The van der Waals surface area contributed by atoms with Crippen LogP contribution in [0.15, 0.2) is 53.9 Å². The summed E-state index contributed by atoms with van der Waals surface area (Å²) < 4.78 is 16.2. The molecule has 0 aliphatic rings. The molecule has 0 aliphatic carbocycles.